The summed E-state index contributed by atoms with van der Waals surface area (Å²) in [7, 11) is 0. The first kappa shape index (κ1) is 13.6. The van der Waals surface area contributed by atoms with Crippen LogP contribution in [0.3, 0.4) is 0 Å². The number of hydrogen-bond donors (Lipinski definition) is 0. The predicted molar refractivity (Wildman–Crippen MR) is 74.4 cm³/mol. The molecule has 0 aromatic heterocycles. The van der Waals surface area contributed by atoms with Crippen molar-refractivity contribution in [3.05, 3.63) is 35.9 Å². The smallest absolute Gasteiger partial charge is 0.233 e. The van der Waals surface area contributed by atoms with Crippen LogP contribution < -0.4 is 0 Å². The van der Waals surface area contributed by atoms with Crippen molar-refractivity contribution in [1.82, 2.24) is 4.90 Å². The largest absolute Gasteiger partial charge is 0.341 e. The summed E-state index contributed by atoms with van der Waals surface area (Å²) in [4.78, 5) is 14.6. The summed E-state index contributed by atoms with van der Waals surface area (Å²) in [6.45, 7) is 5.03. The van der Waals surface area contributed by atoms with Gasteiger partial charge in [-0.25, -0.2) is 0 Å². The van der Waals surface area contributed by atoms with Crippen molar-refractivity contribution in [2.45, 2.75) is 32.1 Å². The molecule has 0 spiro atoms. The molecule has 1 amide bonds. The maximum atomic E-state index is 12.7. The van der Waals surface area contributed by atoms with Gasteiger partial charge in [0.15, 0.2) is 0 Å². The quantitative estimate of drug-likeness (QED) is 0.813. The number of amides is 1. The van der Waals surface area contributed by atoms with Crippen LogP contribution in [0.1, 0.15) is 32.3 Å². The Morgan fingerprint density at radius 1 is 1.42 bits per heavy atom. The Balaban J connectivity index is 2.17. The molecule has 0 radical (unpaired) electrons. The zero-order valence-electron chi connectivity index (χ0n) is 11.6. The van der Waals surface area contributed by atoms with Gasteiger partial charge < -0.3 is 4.90 Å². The third kappa shape index (κ3) is 2.63. The lowest BCUT2D eigenvalue weighted by Gasteiger charge is -2.27. The molecule has 0 heterocycles. The van der Waals surface area contributed by atoms with Crippen molar-refractivity contribution in [3.8, 4) is 6.07 Å². The van der Waals surface area contributed by atoms with E-state index in [4.69, 9.17) is 5.26 Å². The second kappa shape index (κ2) is 5.44. The van der Waals surface area contributed by atoms with E-state index in [9.17, 15) is 4.79 Å². The maximum absolute atomic E-state index is 12.7. The summed E-state index contributed by atoms with van der Waals surface area (Å²) in [5.74, 6) is 0.0683. The van der Waals surface area contributed by atoms with Gasteiger partial charge in [-0.15, -0.1) is 0 Å². The highest BCUT2D eigenvalue weighted by Crippen LogP contribution is 2.49. The second-order valence-corrected chi connectivity index (χ2v) is 5.32. The Morgan fingerprint density at radius 3 is 2.53 bits per heavy atom. The van der Waals surface area contributed by atoms with Gasteiger partial charge in [0.2, 0.25) is 5.91 Å². The molecular weight excluding hydrogens is 236 g/mol. The van der Waals surface area contributed by atoms with E-state index < -0.39 is 0 Å². The van der Waals surface area contributed by atoms with Crippen molar-refractivity contribution in [1.29, 1.82) is 5.26 Å². The third-order valence-electron chi connectivity index (χ3n) is 3.87. The van der Waals surface area contributed by atoms with E-state index in [0.29, 0.717) is 13.1 Å². The molecule has 100 valence electrons. The number of rotatable bonds is 5. The van der Waals surface area contributed by atoms with Crippen LogP contribution in [0, 0.1) is 17.2 Å². The molecule has 3 heteroatoms. The molecule has 2 rings (SSSR count). The molecular formula is C16H20N2O. The monoisotopic (exact) mass is 256 g/mol. The molecule has 0 aliphatic heterocycles. The average molecular weight is 256 g/mol. The molecule has 1 unspecified atom stereocenters. The molecule has 1 aromatic rings. The Kier molecular flexibility index (Phi) is 3.90. The molecule has 0 bridgehead atoms. The molecule has 1 atom stereocenters. The SMILES string of the molecule is CCN(CC(C)C#N)C(=O)C1(c2ccccc2)CC1. The molecule has 0 N–H and O–H groups in total. The summed E-state index contributed by atoms with van der Waals surface area (Å²) in [6.07, 6.45) is 1.85. The van der Waals surface area contributed by atoms with Crippen LogP contribution in [0.2, 0.25) is 0 Å². The number of nitriles is 1. The van der Waals surface area contributed by atoms with Gasteiger partial charge in [-0.05, 0) is 32.3 Å². The fourth-order valence-electron chi connectivity index (χ4n) is 2.54. The van der Waals surface area contributed by atoms with Gasteiger partial charge in [0.05, 0.1) is 17.4 Å². The Labute approximate surface area is 114 Å². The first-order valence-electron chi connectivity index (χ1n) is 6.88. The molecule has 1 aliphatic carbocycles. The highest BCUT2D eigenvalue weighted by Gasteiger charge is 2.52. The van der Waals surface area contributed by atoms with Crippen molar-refractivity contribution in [2.75, 3.05) is 13.1 Å². The normalized spacial score (nSPS) is 17.3. The van der Waals surface area contributed by atoms with E-state index in [1.54, 1.807) is 0 Å². The lowest BCUT2D eigenvalue weighted by molar-refractivity contribution is -0.134. The molecule has 0 saturated heterocycles. The highest BCUT2D eigenvalue weighted by atomic mass is 16.2. The van der Waals surface area contributed by atoms with Gasteiger partial charge in [0, 0.05) is 13.1 Å². The highest BCUT2D eigenvalue weighted by molar-refractivity contribution is 5.91. The summed E-state index contributed by atoms with van der Waals surface area (Å²) in [5.41, 5.74) is 0.801. The summed E-state index contributed by atoms with van der Waals surface area (Å²) in [5, 5.41) is 8.91. The Bertz CT molecular complexity index is 485. The van der Waals surface area contributed by atoms with E-state index in [1.807, 2.05) is 49.1 Å². The lowest BCUT2D eigenvalue weighted by atomic mass is 9.94. The van der Waals surface area contributed by atoms with Crippen LogP contribution in [0.15, 0.2) is 30.3 Å². The van der Waals surface area contributed by atoms with E-state index in [2.05, 4.69) is 6.07 Å². The fraction of sp³-hybridized carbons (Fsp3) is 0.500. The number of benzene rings is 1. The molecule has 3 nitrogen and oxygen atoms in total. The van der Waals surface area contributed by atoms with Gasteiger partial charge in [-0.3, -0.25) is 4.79 Å². The third-order valence-corrected chi connectivity index (χ3v) is 3.87. The van der Waals surface area contributed by atoms with E-state index in [-0.39, 0.29) is 17.2 Å². The second-order valence-electron chi connectivity index (χ2n) is 5.32. The number of carbonyl (C=O) groups is 1. The lowest BCUT2D eigenvalue weighted by Crippen LogP contribution is -2.41. The van der Waals surface area contributed by atoms with E-state index in [1.165, 1.54) is 0 Å². The minimum absolute atomic E-state index is 0.115. The Hall–Kier alpha value is -1.82. The molecule has 1 saturated carbocycles. The zero-order chi connectivity index (χ0) is 13.9. The van der Waals surface area contributed by atoms with Gasteiger partial charge in [-0.2, -0.15) is 5.26 Å². The standard InChI is InChI=1S/C16H20N2O/c1-3-18(12-13(2)11-17)15(19)16(9-10-16)14-7-5-4-6-8-14/h4-8,13H,3,9-10,12H2,1-2H3. The fourth-order valence-corrected chi connectivity index (χ4v) is 2.54. The Morgan fingerprint density at radius 2 is 2.05 bits per heavy atom. The molecule has 1 aromatic carbocycles. The predicted octanol–water partition coefficient (Wildman–Crippen LogP) is 2.73. The summed E-state index contributed by atoms with van der Waals surface area (Å²) < 4.78 is 0. The van der Waals surface area contributed by atoms with Crippen molar-refractivity contribution in [3.63, 3.8) is 0 Å². The van der Waals surface area contributed by atoms with E-state index in [0.717, 1.165) is 18.4 Å². The molecule has 19 heavy (non-hydrogen) atoms. The van der Waals surface area contributed by atoms with E-state index >= 15 is 0 Å². The van der Waals surface area contributed by atoms with Crippen LogP contribution in [0.25, 0.3) is 0 Å². The summed E-state index contributed by atoms with van der Waals surface area (Å²) >= 11 is 0. The first-order valence-corrected chi connectivity index (χ1v) is 6.88. The maximum Gasteiger partial charge on any atom is 0.233 e. The first-order chi connectivity index (χ1) is 9.14. The molecule has 1 fully saturated rings. The van der Waals surface area contributed by atoms with Crippen LogP contribution in [-0.4, -0.2) is 23.9 Å². The van der Waals surface area contributed by atoms with Gasteiger partial charge >= 0.3 is 0 Å². The van der Waals surface area contributed by atoms with Gasteiger partial charge in [0.25, 0.3) is 0 Å². The van der Waals surface area contributed by atoms with Crippen molar-refractivity contribution >= 4 is 5.91 Å². The minimum atomic E-state index is -0.313. The van der Waals surface area contributed by atoms with Gasteiger partial charge in [-0.1, -0.05) is 30.3 Å². The van der Waals surface area contributed by atoms with Gasteiger partial charge in [0.1, 0.15) is 0 Å². The number of nitrogens with zero attached hydrogens (tertiary/aromatic N) is 2. The van der Waals surface area contributed by atoms with Crippen LogP contribution in [0.5, 0.6) is 0 Å². The zero-order valence-corrected chi connectivity index (χ0v) is 11.6. The topological polar surface area (TPSA) is 44.1 Å². The van der Waals surface area contributed by atoms with Crippen LogP contribution in [-0.2, 0) is 10.2 Å². The van der Waals surface area contributed by atoms with Crippen LogP contribution >= 0.6 is 0 Å². The minimum Gasteiger partial charge on any atom is -0.341 e. The summed E-state index contributed by atoms with van der Waals surface area (Å²) in [6, 6.07) is 12.2. The number of likely N-dealkylation sites (N-methyl/N-ethyl adjacent to an activating group) is 1. The molecule has 1 aliphatic rings. The number of carbonyl (C=O) groups excluding carboxylic acids is 1. The number of hydrogen-bond acceptors (Lipinski definition) is 2. The van der Waals surface area contributed by atoms with Crippen molar-refractivity contribution < 1.29 is 4.79 Å². The average Bonchev–Trinajstić information content (AvgIpc) is 3.26. The van der Waals surface area contributed by atoms with Crippen molar-refractivity contribution in [2.24, 2.45) is 5.92 Å². The van der Waals surface area contributed by atoms with Crippen LogP contribution in [0.4, 0.5) is 0 Å².